The van der Waals surface area contributed by atoms with Crippen LogP contribution in [-0.4, -0.2) is 15.7 Å². The molecule has 0 spiro atoms. The van der Waals surface area contributed by atoms with Crippen LogP contribution >= 0.6 is 0 Å². The Morgan fingerprint density at radius 1 is 1.42 bits per heavy atom. The summed E-state index contributed by atoms with van der Waals surface area (Å²) in [6.07, 6.45) is 2.36. The molecule has 0 atom stereocenters. The second-order valence-corrected chi connectivity index (χ2v) is 4.15. The van der Waals surface area contributed by atoms with Crippen LogP contribution in [0.4, 0.5) is 5.82 Å². The summed E-state index contributed by atoms with van der Waals surface area (Å²) in [5.74, 6) is 0.162. The lowest BCUT2D eigenvalue weighted by atomic mass is 10.1. The van der Waals surface area contributed by atoms with Gasteiger partial charge in [0.25, 0.3) is 5.91 Å². The fourth-order valence-corrected chi connectivity index (χ4v) is 1.74. The Morgan fingerprint density at radius 2 is 2.11 bits per heavy atom. The van der Waals surface area contributed by atoms with Gasteiger partial charge in [-0.05, 0) is 24.1 Å². The topological polar surface area (TPSA) is 70.7 Å². The highest BCUT2D eigenvalue weighted by Gasteiger charge is 2.12. The van der Waals surface area contributed by atoms with E-state index < -0.39 is 0 Å². The maximum absolute atomic E-state index is 12.1. The van der Waals surface area contributed by atoms with Gasteiger partial charge < -0.3 is 5.32 Å². The van der Waals surface area contributed by atoms with Crippen LogP contribution in [0.2, 0.25) is 0 Å². The standard InChI is InChI=1S/C14H14N4O/c1-3-10-4-6-11(7-5-10)14(19)17-13-12(8-15)9-16-18(13)2/h4-7,9H,3H2,1-2H3,(H,17,19). The summed E-state index contributed by atoms with van der Waals surface area (Å²) < 4.78 is 1.47. The molecule has 2 rings (SSSR count). The minimum absolute atomic E-state index is 0.247. The van der Waals surface area contributed by atoms with E-state index in [4.69, 9.17) is 5.26 Å². The lowest BCUT2D eigenvalue weighted by Gasteiger charge is -2.06. The van der Waals surface area contributed by atoms with Crippen LogP contribution in [0, 0.1) is 11.3 Å². The van der Waals surface area contributed by atoms with E-state index in [0.29, 0.717) is 16.9 Å². The molecule has 0 radical (unpaired) electrons. The molecule has 0 aliphatic heterocycles. The molecule has 5 heteroatoms. The molecule has 0 bridgehead atoms. The first-order chi connectivity index (χ1) is 9.15. The van der Waals surface area contributed by atoms with Crippen molar-refractivity contribution >= 4 is 11.7 Å². The van der Waals surface area contributed by atoms with Gasteiger partial charge in [-0.3, -0.25) is 9.48 Å². The fraction of sp³-hybridized carbons (Fsp3) is 0.214. The Bertz CT molecular complexity index is 634. The molecule has 1 heterocycles. The quantitative estimate of drug-likeness (QED) is 0.911. The minimum Gasteiger partial charge on any atom is -0.306 e. The molecule has 1 amide bonds. The Morgan fingerprint density at radius 3 is 2.68 bits per heavy atom. The molecular weight excluding hydrogens is 240 g/mol. The number of nitrogens with zero attached hydrogens (tertiary/aromatic N) is 3. The van der Waals surface area contributed by atoms with Crippen molar-refractivity contribution in [3.05, 3.63) is 47.2 Å². The molecule has 96 valence electrons. The number of nitrogens with one attached hydrogen (secondary N) is 1. The van der Waals surface area contributed by atoms with Crippen molar-refractivity contribution in [2.24, 2.45) is 7.05 Å². The second kappa shape index (κ2) is 5.36. The number of amides is 1. The van der Waals surface area contributed by atoms with E-state index in [1.807, 2.05) is 18.2 Å². The van der Waals surface area contributed by atoms with E-state index in [0.717, 1.165) is 6.42 Å². The molecule has 0 unspecified atom stereocenters. The third-order valence-corrected chi connectivity index (χ3v) is 2.92. The van der Waals surface area contributed by atoms with Crippen molar-refractivity contribution < 1.29 is 4.79 Å². The van der Waals surface area contributed by atoms with Crippen molar-refractivity contribution in [2.45, 2.75) is 13.3 Å². The Balaban J connectivity index is 2.21. The number of hydrogen-bond donors (Lipinski definition) is 1. The van der Waals surface area contributed by atoms with E-state index in [9.17, 15) is 4.79 Å². The Labute approximate surface area is 111 Å². The van der Waals surface area contributed by atoms with E-state index >= 15 is 0 Å². The van der Waals surface area contributed by atoms with Crippen LogP contribution in [-0.2, 0) is 13.5 Å². The van der Waals surface area contributed by atoms with Gasteiger partial charge in [0.2, 0.25) is 0 Å². The van der Waals surface area contributed by atoms with Crippen LogP contribution in [0.15, 0.2) is 30.5 Å². The average Bonchev–Trinajstić information content (AvgIpc) is 2.79. The van der Waals surface area contributed by atoms with Crippen molar-refractivity contribution in [3.63, 3.8) is 0 Å². The molecule has 1 N–H and O–H groups in total. The van der Waals surface area contributed by atoms with Crippen LogP contribution in [0.3, 0.4) is 0 Å². The van der Waals surface area contributed by atoms with Gasteiger partial charge in [0.15, 0.2) is 0 Å². The summed E-state index contributed by atoms with van der Waals surface area (Å²) in [4.78, 5) is 12.1. The molecule has 0 saturated heterocycles. The normalized spacial score (nSPS) is 9.95. The fourth-order valence-electron chi connectivity index (χ4n) is 1.74. The maximum atomic E-state index is 12.1. The number of carbonyl (C=O) groups is 1. The molecule has 1 aromatic heterocycles. The smallest absolute Gasteiger partial charge is 0.256 e. The van der Waals surface area contributed by atoms with Gasteiger partial charge in [-0.25, -0.2) is 0 Å². The number of nitriles is 1. The predicted molar refractivity (Wildman–Crippen MR) is 71.7 cm³/mol. The molecule has 1 aromatic carbocycles. The highest BCUT2D eigenvalue weighted by Crippen LogP contribution is 2.14. The molecular formula is C14H14N4O. The van der Waals surface area contributed by atoms with E-state index in [-0.39, 0.29) is 5.91 Å². The van der Waals surface area contributed by atoms with E-state index in [1.54, 1.807) is 19.2 Å². The SMILES string of the molecule is CCc1ccc(C(=O)Nc2c(C#N)cnn2C)cc1. The van der Waals surface area contributed by atoms with Gasteiger partial charge in [0, 0.05) is 12.6 Å². The summed E-state index contributed by atoms with van der Waals surface area (Å²) in [5.41, 5.74) is 2.08. The van der Waals surface area contributed by atoms with Crippen molar-refractivity contribution in [1.82, 2.24) is 9.78 Å². The molecule has 5 nitrogen and oxygen atoms in total. The monoisotopic (exact) mass is 254 g/mol. The number of rotatable bonds is 3. The van der Waals surface area contributed by atoms with Crippen molar-refractivity contribution in [1.29, 1.82) is 5.26 Å². The van der Waals surface area contributed by atoms with Gasteiger partial charge in [-0.2, -0.15) is 10.4 Å². The molecule has 0 fully saturated rings. The van der Waals surface area contributed by atoms with Crippen LogP contribution < -0.4 is 5.32 Å². The average molecular weight is 254 g/mol. The highest BCUT2D eigenvalue weighted by molar-refractivity contribution is 6.04. The zero-order valence-corrected chi connectivity index (χ0v) is 10.8. The van der Waals surface area contributed by atoms with Crippen LogP contribution in [0.1, 0.15) is 28.4 Å². The highest BCUT2D eigenvalue weighted by atomic mass is 16.1. The molecule has 19 heavy (non-hydrogen) atoms. The molecule has 0 saturated carbocycles. The number of hydrogen-bond acceptors (Lipinski definition) is 3. The Kier molecular flexibility index (Phi) is 3.62. The summed E-state index contributed by atoms with van der Waals surface area (Å²) in [6, 6.07) is 9.38. The number of aryl methyl sites for hydroxylation is 2. The van der Waals surface area contributed by atoms with Gasteiger partial charge in [-0.15, -0.1) is 0 Å². The van der Waals surface area contributed by atoms with E-state index in [1.165, 1.54) is 16.4 Å². The minimum atomic E-state index is -0.247. The van der Waals surface area contributed by atoms with Gasteiger partial charge >= 0.3 is 0 Å². The first kappa shape index (κ1) is 12.8. The third kappa shape index (κ3) is 2.63. The summed E-state index contributed by atoms with van der Waals surface area (Å²) in [7, 11) is 1.68. The lowest BCUT2D eigenvalue weighted by Crippen LogP contribution is -2.15. The molecule has 0 aliphatic carbocycles. The maximum Gasteiger partial charge on any atom is 0.256 e. The van der Waals surface area contributed by atoms with E-state index in [2.05, 4.69) is 17.3 Å². The lowest BCUT2D eigenvalue weighted by molar-refractivity contribution is 0.102. The second-order valence-electron chi connectivity index (χ2n) is 4.15. The number of benzene rings is 1. The summed E-state index contributed by atoms with van der Waals surface area (Å²) >= 11 is 0. The number of aromatic nitrogens is 2. The van der Waals surface area contributed by atoms with Crippen LogP contribution in [0.25, 0.3) is 0 Å². The summed E-state index contributed by atoms with van der Waals surface area (Å²) in [6.45, 7) is 2.06. The van der Waals surface area contributed by atoms with Crippen LogP contribution in [0.5, 0.6) is 0 Å². The van der Waals surface area contributed by atoms with Crippen molar-refractivity contribution in [3.8, 4) is 6.07 Å². The van der Waals surface area contributed by atoms with Gasteiger partial charge in [0.1, 0.15) is 17.5 Å². The van der Waals surface area contributed by atoms with Gasteiger partial charge in [0.05, 0.1) is 6.20 Å². The van der Waals surface area contributed by atoms with Crippen molar-refractivity contribution in [2.75, 3.05) is 5.32 Å². The largest absolute Gasteiger partial charge is 0.306 e. The third-order valence-electron chi connectivity index (χ3n) is 2.92. The number of anilines is 1. The number of carbonyl (C=O) groups excluding carboxylic acids is 1. The zero-order valence-electron chi connectivity index (χ0n) is 10.8. The zero-order chi connectivity index (χ0) is 13.8. The Hall–Kier alpha value is -2.61. The molecule has 0 aliphatic rings. The predicted octanol–water partition coefficient (Wildman–Crippen LogP) is 2.11. The first-order valence-electron chi connectivity index (χ1n) is 5.98. The molecule has 2 aromatic rings. The summed E-state index contributed by atoms with van der Waals surface area (Å²) in [5, 5.41) is 15.6. The first-order valence-corrected chi connectivity index (χ1v) is 5.98. The van der Waals surface area contributed by atoms with Gasteiger partial charge in [-0.1, -0.05) is 19.1 Å².